The molecule has 4 rings (SSSR count). The predicted octanol–water partition coefficient (Wildman–Crippen LogP) is 6.88. The fraction of sp³-hybridized carbons (Fsp3) is 0.387. The Labute approximate surface area is 250 Å². The van der Waals surface area contributed by atoms with Gasteiger partial charge in [0.1, 0.15) is 11.5 Å². The van der Waals surface area contributed by atoms with E-state index in [1.807, 2.05) is 48.2 Å². The molecule has 0 radical (unpaired) electrons. The average Bonchev–Trinajstić information content (AvgIpc) is 2.92. The summed E-state index contributed by atoms with van der Waals surface area (Å²) < 4.78 is 31.1. The van der Waals surface area contributed by atoms with Crippen LogP contribution in [0.15, 0.2) is 72.8 Å². The summed E-state index contributed by atoms with van der Waals surface area (Å²) in [6, 6.07) is 23.0. The van der Waals surface area contributed by atoms with E-state index < -0.39 is 10.0 Å². The number of sulfonamides is 1. The van der Waals surface area contributed by atoms with E-state index >= 15 is 0 Å². The predicted molar refractivity (Wildman–Crippen MR) is 169 cm³/mol. The molecule has 8 nitrogen and oxygen atoms in total. The number of nitrogens with one attached hydrogen (secondary N) is 2. The van der Waals surface area contributed by atoms with Gasteiger partial charge in [0.2, 0.25) is 10.0 Å². The number of likely N-dealkylation sites (tertiary alicyclic amines) is 1. The number of aryl methyl sites for hydroxylation is 1. The minimum atomic E-state index is -3.31. The first-order chi connectivity index (χ1) is 19.2. The van der Waals surface area contributed by atoms with Crippen molar-refractivity contribution in [2.24, 2.45) is 0 Å². The Morgan fingerprint density at radius 1 is 0.976 bits per heavy atom. The van der Waals surface area contributed by atoms with Gasteiger partial charge in [-0.1, -0.05) is 43.7 Å². The molecule has 1 fully saturated rings. The van der Waals surface area contributed by atoms with Gasteiger partial charge in [0.25, 0.3) is 0 Å². The van der Waals surface area contributed by atoms with Crippen molar-refractivity contribution >= 4 is 39.8 Å². The molecule has 2 N–H and O–H groups in total. The number of hydrogen-bond acceptors (Lipinski definition) is 5. The normalized spacial score (nSPS) is 14.1. The fourth-order valence-electron chi connectivity index (χ4n) is 4.93. The molecule has 1 aliphatic heterocycles. The van der Waals surface area contributed by atoms with Crippen LogP contribution in [0.4, 0.5) is 16.2 Å². The summed E-state index contributed by atoms with van der Waals surface area (Å²) in [7, 11) is -3.31. The van der Waals surface area contributed by atoms with Crippen molar-refractivity contribution in [3.8, 4) is 11.5 Å². The number of carbonyl (C=O) groups is 1. The number of ether oxygens (including phenoxy) is 1. The maximum Gasteiger partial charge on any atom is 0.322 e. The number of hydrogen-bond donors (Lipinski definition) is 2. The van der Waals surface area contributed by atoms with Crippen LogP contribution >= 0.6 is 12.4 Å². The number of benzene rings is 3. The summed E-state index contributed by atoms with van der Waals surface area (Å²) >= 11 is 0. The minimum absolute atomic E-state index is 0. The number of amides is 2. The summed E-state index contributed by atoms with van der Waals surface area (Å²) in [5.41, 5.74) is 3.64. The van der Waals surface area contributed by atoms with Crippen molar-refractivity contribution in [1.29, 1.82) is 0 Å². The van der Waals surface area contributed by atoms with E-state index in [4.69, 9.17) is 4.74 Å². The highest BCUT2D eigenvalue weighted by molar-refractivity contribution is 7.92. The number of urea groups is 1. The Bertz CT molecular complexity index is 1360. The molecule has 2 amide bonds. The van der Waals surface area contributed by atoms with E-state index in [0.29, 0.717) is 11.4 Å². The number of unbranched alkanes of at least 4 members (excludes halogenated alkanes) is 1. The molecule has 0 aliphatic carbocycles. The van der Waals surface area contributed by atoms with Gasteiger partial charge in [-0.2, -0.15) is 0 Å². The molecular formula is C31H41ClN4O4S. The molecule has 1 aliphatic rings. The third-order valence-electron chi connectivity index (χ3n) is 7.12. The topological polar surface area (TPSA) is 91.0 Å². The van der Waals surface area contributed by atoms with Crippen molar-refractivity contribution in [3.05, 3.63) is 83.9 Å². The van der Waals surface area contributed by atoms with Gasteiger partial charge < -0.3 is 15.0 Å². The van der Waals surface area contributed by atoms with Crippen LogP contribution in [0, 0.1) is 6.92 Å². The summed E-state index contributed by atoms with van der Waals surface area (Å²) in [5, 5.41) is 3.14. The van der Waals surface area contributed by atoms with Gasteiger partial charge in [-0.05, 0) is 79.8 Å². The highest BCUT2D eigenvalue weighted by atomic mass is 35.5. The van der Waals surface area contributed by atoms with Crippen LogP contribution in [0.25, 0.3) is 0 Å². The van der Waals surface area contributed by atoms with Crippen LogP contribution in [0.5, 0.6) is 11.5 Å². The van der Waals surface area contributed by atoms with Gasteiger partial charge in [0.15, 0.2) is 0 Å². The van der Waals surface area contributed by atoms with Gasteiger partial charge in [0, 0.05) is 43.6 Å². The second kappa shape index (κ2) is 15.1. The van der Waals surface area contributed by atoms with Crippen molar-refractivity contribution in [2.45, 2.75) is 52.1 Å². The van der Waals surface area contributed by atoms with Crippen LogP contribution in [-0.2, 0) is 16.6 Å². The molecule has 0 saturated carbocycles. The zero-order chi connectivity index (χ0) is 28.5. The summed E-state index contributed by atoms with van der Waals surface area (Å²) in [6.07, 6.45) is 5.08. The second-order valence-corrected chi connectivity index (χ2v) is 12.2. The van der Waals surface area contributed by atoms with E-state index in [0.717, 1.165) is 75.1 Å². The number of nitrogens with zero attached hydrogens (tertiary/aromatic N) is 2. The number of halogens is 1. The molecule has 41 heavy (non-hydrogen) atoms. The molecule has 0 spiro atoms. The van der Waals surface area contributed by atoms with E-state index in [-0.39, 0.29) is 24.5 Å². The van der Waals surface area contributed by atoms with E-state index in [2.05, 4.69) is 34.0 Å². The number of piperidine rings is 1. The highest BCUT2D eigenvalue weighted by Gasteiger charge is 2.28. The van der Waals surface area contributed by atoms with E-state index in [1.54, 1.807) is 24.3 Å². The van der Waals surface area contributed by atoms with Crippen LogP contribution < -0.4 is 14.8 Å². The molecule has 1 saturated heterocycles. The van der Waals surface area contributed by atoms with E-state index in [9.17, 15) is 13.2 Å². The number of anilines is 2. The van der Waals surface area contributed by atoms with Gasteiger partial charge in [-0.3, -0.25) is 9.62 Å². The van der Waals surface area contributed by atoms with Crippen molar-refractivity contribution in [3.63, 3.8) is 0 Å². The summed E-state index contributed by atoms with van der Waals surface area (Å²) in [4.78, 5) is 17.7. The Morgan fingerprint density at radius 2 is 1.59 bits per heavy atom. The first-order valence-electron chi connectivity index (χ1n) is 13.9. The maximum absolute atomic E-state index is 13.2. The molecule has 0 unspecified atom stereocenters. The van der Waals surface area contributed by atoms with Crippen LogP contribution in [-0.4, -0.2) is 56.2 Å². The summed E-state index contributed by atoms with van der Waals surface area (Å²) in [5.74, 6) is 1.35. The fourth-order valence-corrected chi connectivity index (χ4v) is 5.49. The first kappa shape index (κ1) is 32.2. The van der Waals surface area contributed by atoms with Crippen LogP contribution in [0.3, 0.4) is 0 Å². The summed E-state index contributed by atoms with van der Waals surface area (Å²) in [6.45, 7) is 7.68. The van der Waals surface area contributed by atoms with Gasteiger partial charge in [-0.25, -0.2) is 13.2 Å². The van der Waals surface area contributed by atoms with Crippen LogP contribution in [0.2, 0.25) is 0 Å². The molecule has 3 aromatic carbocycles. The smallest absolute Gasteiger partial charge is 0.322 e. The minimum Gasteiger partial charge on any atom is -0.457 e. The van der Waals surface area contributed by atoms with Crippen molar-refractivity contribution in [1.82, 2.24) is 9.80 Å². The molecule has 222 valence electrons. The SMILES string of the molecule is CCCCN(C(=O)Nc1ccccc1C)C1CCN(Cc2ccc(Oc3ccc(NS(C)(=O)=O)cc3)cc2)CC1.Cl. The standard InChI is InChI=1S/C31H40N4O4S.ClH/c1-4-5-20-35(31(36)32-30-9-7-6-8-24(30)2)27-18-21-34(22-19-27)23-25-10-14-28(15-11-25)39-29-16-12-26(13-17-29)33-40(3,37)38;/h6-17,27,33H,4-5,18-23H2,1-3H3,(H,32,36);1H. The van der Waals surface area contributed by atoms with Crippen molar-refractivity contribution < 1.29 is 17.9 Å². The second-order valence-electron chi connectivity index (χ2n) is 10.4. The maximum atomic E-state index is 13.2. The number of para-hydroxylation sites is 1. The molecule has 0 atom stereocenters. The van der Waals surface area contributed by atoms with Crippen molar-refractivity contribution in [2.75, 3.05) is 35.9 Å². The lowest BCUT2D eigenvalue weighted by atomic mass is 10.0. The highest BCUT2D eigenvalue weighted by Crippen LogP contribution is 2.25. The number of carbonyl (C=O) groups excluding carboxylic acids is 1. The molecule has 0 aromatic heterocycles. The van der Waals surface area contributed by atoms with E-state index in [1.165, 1.54) is 5.56 Å². The lowest BCUT2D eigenvalue weighted by molar-refractivity contribution is 0.122. The lowest BCUT2D eigenvalue weighted by Gasteiger charge is -2.38. The average molecular weight is 601 g/mol. The largest absolute Gasteiger partial charge is 0.457 e. The van der Waals surface area contributed by atoms with Gasteiger partial charge >= 0.3 is 6.03 Å². The number of rotatable bonds is 11. The van der Waals surface area contributed by atoms with Gasteiger partial charge in [0.05, 0.1) is 6.26 Å². The third kappa shape index (κ3) is 9.95. The first-order valence-corrected chi connectivity index (χ1v) is 15.8. The Morgan fingerprint density at radius 3 is 2.17 bits per heavy atom. The Hall–Kier alpha value is -3.27. The molecular weight excluding hydrogens is 560 g/mol. The lowest BCUT2D eigenvalue weighted by Crippen LogP contribution is -2.49. The quantitative estimate of drug-likeness (QED) is 0.250. The van der Waals surface area contributed by atoms with Crippen LogP contribution in [0.1, 0.15) is 43.7 Å². The zero-order valence-electron chi connectivity index (χ0n) is 24.0. The Kier molecular flexibility index (Phi) is 11.9. The Balaban J connectivity index is 0.00000462. The molecule has 10 heteroatoms. The molecule has 3 aromatic rings. The monoisotopic (exact) mass is 600 g/mol. The van der Waals surface area contributed by atoms with Gasteiger partial charge in [-0.15, -0.1) is 12.4 Å². The zero-order valence-corrected chi connectivity index (χ0v) is 25.6. The third-order valence-corrected chi connectivity index (χ3v) is 7.73. The molecule has 1 heterocycles. The molecule has 0 bridgehead atoms.